The molecule has 0 aliphatic heterocycles. The molecule has 0 unspecified atom stereocenters. The number of benzene rings is 1. The maximum absolute atomic E-state index is 12.2. The van der Waals surface area contributed by atoms with Gasteiger partial charge in [0, 0.05) is 19.0 Å². The first-order valence-electron chi connectivity index (χ1n) is 7.38. The minimum atomic E-state index is -0.161. The Morgan fingerprint density at radius 1 is 1.26 bits per heavy atom. The van der Waals surface area contributed by atoms with Crippen molar-refractivity contribution in [3.8, 4) is 5.82 Å². The van der Waals surface area contributed by atoms with Gasteiger partial charge in [-0.3, -0.25) is 4.79 Å². The lowest BCUT2D eigenvalue weighted by Crippen LogP contribution is -2.27. The highest BCUT2D eigenvalue weighted by Crippen LogP contribution is 2.17. The van der Waals surface area contributed by atoms with Crippen LogP contribution in [0.4, 0.5) is 0 Å². The van der Waals surface area contributed by atoms with Crippen molar-refractivity contribution in [3.63, 3.8) is 0 Å². The molecular weight excluding hydrogens is 292 g/mol. The Kier molecular flexibility index (Phi) is 4.34. The van der Waals surface area contributed by atoms with E-state index in [1.165, 1.54) is 0 Å². The highest BCUT2D eigenvalue weighted by atomic mass is 16.5. The molecule has 118 valence electrons. The Labute approximate surface area is 134 Å². The van der Waals surface area contributed by atoms with E-state index in [4.69, 9.17) is 4.74 Å². The van der Waals surface area contributed by atoms with Crippen molar-refractivity contribution in [1.82, 2.24) is 20.1 Å². The molecule has 1 amide bonds. The normalized spacial score (nSPS) is 10.9. The standard InChI is InChI=1S/C17H18N4O2/c1-12-14(17(22)18-9-10-23-2)11-19-21(12)16-8-7-13-5-3-4-6-15(13)20-16/h3-8,11H,9-10H2,1-2H3,(H,18,22). The molecular formula is C17H18N4O2. The Morgan fingerprint density at radius 2 is 2.09 bits per heavy atom. The summed E-state index contributed by atoms with van der Waals surface area (Å²) in [6, 6.07) is 11.8. The lowest BCUT2D eigenvalue weighted by Gasteiger charge is -2.07. The molecule has 0 spiro atoms. The number of aromatic nitrogens is 3. The number of hydrogen-bond donors (Lipinski definition) is 1. The summed E-state index contributed by atoms with van der Waals surface area (Å²) in [4.78, 5) is 16.8. The maximum atomic E-state index is 12.2. The van der Waals surface area contributed by atoms with Crippen LogP contribution in [0, 0.1) is 6.92 Å². The van der Waals surface area contributed by atoms with Crippen LogP contribution < -0.4 is 5.32 Å². The van der Waals surface area contributed by atoms with Crippen LogP contribution in [0.2, 0.25) is 0 Å². The molecule has 23 heavy (non-hydrogen) atoms. The van der Waals surface area contributed by atoms with E-state index in [1.54, 1.807) is 18.0 Å². The average Bonchev–Trinajstić information content (AvgIpc) is 2.96. The van der Waals surface area contributed by atoms with Gasteiger partial charge in [0.1, 0.15) is 0 Å². The molecule has 0 radical (unpaired) electrons. The monoisotopic (exact) mass is 310 g/mol. The third kappa shape index (κ3) is 3.07. The van der Waals surface area contributed by atoms with Crippen molar-refractivity contribution in [2.75, 3.05) is 20.3 Å². The number of carbonyl (C=O) groups excluding carboxylic acids is 1. The third-order valence-electron chi connectivity index (χ3n) is 3.65. The molecule has 1 N–H and O–H groups in total. The molecule has 3 aromatic rings. The topological polar surface area (TPSA) is 69.0 Å². The molecule has 0 atom stereocenters. The molecule has 6 nitrogen and oxygen atoms in total. The Hall–Kier alpha value is -2.73. The second kappa shape index (κ2) is 6.58. The number of nitrogens with one attached hydrogen (secondary N) is 1. The first kappa shape index (κ1) is 15.2. The van der Waals surface area contributed by atoms with Crippen LogP contribution in [0.3, 0.4) is 0 Å². The fourth-order valence-corrected chi connectivity index (χ4v) is 2.40. The summed E-state index contributed by atoms with van der Waals surface area (Å²) in [5, 5.41) is 8.17. The van der Waals surface area contributed by atoms with Crippen LogP contribution in [-0.4, -0.2) is 40.9 Å². The van der Waals surface area contributed by atoms with Gasteiger partial charge in [-0.1, -0.05) is 18.2 Å². The first-order valence-corrected chi connectivity index (χ1v) is 7.38. The van der Waals surface area contributed by atoms with Gasteiger partial charge in [-0.25, -0.2) is 9.67 Å². The number of ether oxygens (including phenoxy) is 1. The summed E-state index contributed by atoms with van der Waals surface area (Å²) in [6.07, 6.45) is 1.56. The number of para-hydroxylation sites is 1. The Morgan fingerprint density at radius 3 is 2.91 bits per heavy atom. The molecule has 0 aliphatic carbocycles. The lowest BCUT2D eigenvalue weighted by atomic mass is 10.2. The summed E-state index contributed by atoms with van der Waals surface area (Å²) in [5.41, 5.74) is 2.18. The second-order valence-corrected chi connectivity index (χ2v) is 5.17. The largest absolute Gasteiger partial charge is 0.383 e. The lowest BCUT2D eigenvalue weighted by molar-refractivity contribution is 0.0936. The predicted octanol–water partition coefficient (Wildman–Crippen LogP) is 2.11. The van der Waals surface area contributed by atoms with Crippen LogP contribution in [0.25, 0.3) is 16.7 Å². The zero-order chi connectivity index (χ0) is 16.2. The van der Waals surface area contributed by atoms with E-state index in [0.717, 1.165) is 16.6 Å². The number of nitrogens with zero attached hydrogens (tertiary/aromatic N) is 3. The summed E-state index contributed by atoms with van der Waals surface area (Å²) in [5.74, 6) is 0.531. The van der Waals surface area contributed by atoms with Crippen molar-refractivity contribution in [1.29, 1.82) is 0 Å². The number of carbonyl (C=O) groups is 1. The van der Waals surface area contributed by atoms with Crippen molar-refractivity contribution >= 4 is 16.8 Å². The maximum Gasteiger partial charge on any atom is 0.254 e. The number of fused-ring (bicyclic) bond motifs is 1. The summed E-state index contributed by atoms with van der Waals surface area (Å²) < 4.78 is 6.61. The molecule has 0 saturated heterocycles. The number of pyridine rings is 1. The van der Waals surface area contributed by atoms with Gasteiger partial charge < -0.3 is 10.1 Å². The summed E-state index contributed by atoms with van der Waals surface area (Å²) in [7, 11) is 1.60. The zero-order valence-electron chi connectivity index (χ0n) is 13.1. The minimum absolute atomic E-state index is 0.161. The van der Waals surface area contributed by atoms with E-state index in [0.29, 0.717) is 24.5 Å². The molecule has 0 fully saturated rings. The van der Waals surface area contributed by atoms with Gasteiger partial charge in [-0.15, -0.1) is 0 Å². The smallest absolute Gasteiger partial charge is 0.254 e. The molecule has 2 aromatic heterocycles. The van der Waals surface area contributed by atoms with Crippen LogP contribution in [-0.2, 0) is 4.74 Å². The SMILES string of the molecule is COCCNC(=O)c1cnn(-c2ccc3ccccc3n2)c1C. The molecule has 0 aliphatic rings. The van der Waals surface area contributed by atoms with Gasteiger partial charge in [0.15, 0.2) is 5.82 Å². The van der Waals surface area contributed by atoms with Crippen LogP contribution in [0.15, 0.2) is 42.6 Å². The fraction of sp³-hybridized carbons (Fsp3) is 0.235. The molecule has 2 heterocycles. The quantitative estimate of drug-likeness (QED) is 0.733. The van der Waals surface area contributed by atoms with Gasteiger partial charge in [-0.2, -0.15) is 5.10 Å². The average molecular weight is 310 g/mol. The second-order valence-electron chi connectivity index (χ2n) is 5.17. The van der Waals surface area contributed by atoms with Crippen molar-refractivity contribution in [2.45, 2.75) is 6.92 Å². The van der Waals surface area contributed by atoms with Crippen LogP contribution in [0.5, 0.6) is 0 Å². The molecule has 1 aromatic carbocycles. The van der Waals surface area contributed by atoms with Crippen molar-refractivity contribution in [2.24, 2.45) is 0 Å². The van der Waals surface area contributed by atoms with Gasteiger partial charge in [0.2, 0.25) is 0 Å². The highest BCUT2D eigenvalue weighted by Gasteiger charge is 2.15. The van der Waals surface area contributed by atoms with Crippen LogP contribution >= 0.6 is 0 Å². The Balaban J connectivity index is 1.89. The van der Waals surface area contributed by atoms with Gasteiger partial charge >= 0.3 is 0 Å². The van der Waals surface area contributed by atoms with Gasteiger partial charge in [-0.05, 0) is 25.1 Å². The Bertz CT molecular complexity index is 841. The zero-order valence-corrected chi connectivity index (χ0v) is 13.1. The van der Waals surface area contributed by atoms with E-state index < -0.39 is 0 Å². The number of hydrogen-bond acceptors (Lipinski definition) is 4. The molecule has 0 saturated carbocycles. The highest BCUT2D eigenvalue weighted by molar-refractivity contribution is 5.95. The van der Waals surface area contributed by atoms with Crippen molar-refractivity contribution in [3.05, 3.63) is 53.9 Å². The predicted molar refractivity (Wildman–Crippen MR) is 87.8 cm³/mol. The van der Waals surface area contributed by atoms with Crippen molar-refractivity contribution < 1.29 is 9.53 Å². The third-order valence-corrected chi connectivity index (χ3v) is 3.65. The van der Waals surface area contributed by atoms with Gasteiger partial charge in [0.25, 0.3) is 5.91 Å². The van der Waals surface area contributed by atoms with E-state index in [-0.39, 0.29) is 5.91 Å². The summed E-state index contributed by atoms with van der Waals surface area (Å²) >= 11 is 0. The van der Waals surface area contributed by atoms with E-state index in [1.807, 2.05) is 43.3 Å². The van der Waals surface area contributed by atoms with E-state index >= 15 is 0 Å². The molecule has 6 heteroatoms. The number of amides is 1. The van der Waals surface area contributed by atoms with Crippen LogP contribution in [0.1, 0.15) is 16.1 Å². The summed E-state index contributed by atoms with van der Waals surface area (Å²) in [6.45, 7) is 2.80. The van der Waals surface area contributed by atoms with Gasteiger partial charge in [0.05, 0.1) is 29.6 Å². The van der Waals surface area contributed by atoms with E-state index in [9.17, 15) is 4.79 Å². The first-order chi connectivity index (χ1) is 11.2. The molecule has 3 rings (SSSR count). The van der Waals surface area contributed by atoms with E-state index in [2.05, 4.69) is 15.4 Å². The number of rotatable bonds is 5. The fourth-order valence-electron chi connectivity index (χ4n) is 2.40. The number of methoxy groups -OCH3 is 1. The minimum Gasteiger partial charge on any atom is -0.383 e. The molecule has 0 bridgehead atoms.